The van der Waals surface area contributed by atoms with Crippen molar-refractivity contribution < 1.29 is 28.5 Å². The number of esters is 1. The first kappa shape index (κ1) is 24.8. The van der Waals surface area contributed by atoms with Crippen LogP contribution >= 0.6 is 15.9 Å². The number of halogens is 1. The summed E-state index contributed by atoms with van der Waals surface area (Å²) in [6, 6.07) is 18.6. The third-order valence-electron chi connectivity index (χ3n) is 4.60. The van der Waals surface area contributed by atoms with Crippen LogP contribution in [0.4, 0.5) is 0 Å². The van der Waals surface area contributed by atoms with Gasteiger partial charge < -0.3 is 18.9 Å². The molecule has 1 atom stereocenters. The topological polar surface area (TPSA) is 95.5 Å². The molecule has 1 N–H and O–H groups in total. The van der Waals surface area contributed by atoms with E-state index in [4.69, 9.17) is 18.9 Å². The molecule has 176 valence electrons. The highest BCUT2D eigenvalue weighted by molar-refractivity contribution is 9.10. The maximum Gasteiger partial charge on any atom is 0.343 e. The Balaban J connectivity index is 1.59. The van der Waals surface area contributed by atoms with Gasteiger partial charge in [0.05, 0.1) is 26.0 Å². The molecule has 0 aromatic heterocycles. The zero-order chi connectivity index (χ0) is 24.5. The fourth-order valence-electron chi connectivity index (χ4n) is 2.77. The van der Waals surface area contributed by atoms with E-state index in [1.165, 1.54) is 13.3 Å². The van der Waals surface area contributed by atoms with Crippen LogP contribution in [-0.4, -0.2) is 38.4 Å². The van der Waals surface area contributed by atoms with Crippen LogP contribution < -0.4 is 24.4 Å². The molecule has 0 aliphatic heterocycles. The monoisotopic (exact) mass is 526 g/mol. The molecule has 3 aromatic rings. The number of carbonyl (C=O) groups is 2. The smallest absolute Gasteiger partial charge is 0.343 e. The van der Waals surface area contributed by atoms with Crippen molar-refractivity contribution >= 4 is 34.0 Å². The molecule has 0 bridgehead atoms. The first-order chi connectivity index (χ1) is 16.4. The third kappa shape index (κ3) is 6.82. The SMILES string of the molecule is COc1ccc(C(=O)Oc2ccc(/C=N\NC(=O)[C@H](C)Oc3ccc(Br)cc3)cc2OC)cc1. The zero-order valence-electron chi connectivity index (χ0n) is 18.8. The predicted molar refractivity (Wildman–Crippen MR) is 131 cm³/mol. The molecule has 0 spiro atoms. The number of hydrazone groups is 1. The number of nitrogens with one attached hydrogen (secondary N) is 1. The molecule has 0 heterocycles. The summed E-state index contributed by atoms with van der Waals surface area (Å²) in [5, 5.41) is 3.96. The number of ether oxygens (including phenoxy) is 4. The Hall–Kier alpha value is -3.85. The molecule has 0 unspecified atom stereocenters. The molecule has 8 nitrogen and oxygen atoms in total. The Morgan fingerprint density at radius 3 is 2.24 bits per heavy atom. The van der Waals surface area contributed by atoms with Crippen LogP contribution in [0, 0.1) is 0 Å². The lowest BCUT2D eigenvalue weighted by Gasteiger charge is -2.13. The Morgan fingerprint density at radius 1 is 0.912 bits per heavy atom. The van der Waals surface area contributed by atoms with E-state index in [1.807, 2.05) is 12.1 Å². The molecular weight excluding hydrogens is 504 g/mol. The predicted octanol–water partition coefficient (Wildman–Crippen LogP) is 4.60. The zero-order valence-corrected chi connectivity index (χ0v) is 20.4. The Kier molecular flexibility index (Phi) is 8.64. The van der Waals surface area contributed by atoms with E-state index in [-0.39, 0.29) is 5.75 Å². The van der Waals surface area contributed by atoms with Gasteiger partial charge in [0.2, 0.25) is 0 Å². The summed E-state index contributed by atoms with van der Waals surface area (Å²) in [6.45, 7) is 1.63. The van der Waals surface area contributed by atoms with E-state index in [0.717, 1.165) is 4.47 Å². The van der Waals surface area contributed by atoms with Gasteiger partial charge in [-0.3, -0.25) is 4.79 Å². The Morgan fingerprint density at radius 2 is 1.59 bits per heavy atom. The van der Waals surface area contributed by atoms with Crippen LogP contribution in [0.15, 0.2) is 76.3 Å². The van der Waals surface area contributed by atoms with Crippen LogP contribution in [-0.2, 0) is 4.79 Å². The second kappa shape index (κ2) is 11.9. The molecule has 3 rings (SSSR count). The molecule has 0 aliphatic rings. The van der Waals surface area contributed by atoms with Gasteiger partial charge in [0.1, 0.15) is 11.5 Å². The van der Waals surface area contributed by atoms with Gasteiger partial charge in [-0.05, 0) is 79.2 Å². The normalized spacial score (nSPS) is 11.5. The molecule has 1 amide bonds. The highest BCUT2D eigenvalue weighted by Gasteiger charge is 2.15. The van der Waals surface area contributed by atoms with E-state index in [0.29, 0.717) is 28.4 Å². The number of hydrogen-bond donors (Lipinski definition) is 1. The van der Waals surface area contributed by atoms with Crippen molar-refractivity contribution in [3.8, 4) is 23.0 Å². The summed E-state index contributed by atoms with van der Waals surface area (Å²) in [4.78, 5) is 24.6. The number of nitrogens with zero attached hydrogens (tertiary/aromatic N) is 1. The maximum absolute atomic E-state index is 12.4. The van der Waals surface area contributed by atoms with Crippen molar-refractivity contribution in [1.29, 1.82) is 0 Å². The van der Waals surface area contributed by atoms with Crippen LogP contribution in [0.1, 0.15) is 22.8 Å². The molecule has 0 aliphatic carbocycles. The van der Waals surface area contributed by atoms with Crippen molar-refractivity contribution in [2.75, 3.05) is 14.2 Å². The summed E-state index contributed by atoms with van der Waals surface area (Å²) >= 11 is 3.35. The van der Waals surface area contributed by atoms with Crippen LogP contribution in [0.25, 0.3) is 0 Å². The Labute approximate surface area is 205 Å². The molecule has 0 fully saturated rings. The van der Waals surface area contributed by atoms with E-state index >= 15 is 0 Å². The van der Waals surface area contributed by atoms with Crippen molar-refractivity contribution in [3.63, 3.8) is 0 Å². The molecule has 9 heteroatoms. The maximum atomic E-state index is 12.4. The highest BCUT2D eigenvalue weighted by Crippen LogP contribution is 2.28. The fraction of sp³-hybridized carbons (Fsp3) is 0.160. The number of benzene rings is 3. The van der Waals surface area contributed by atoms with Crippen LogP contribution in [0.5, 0.6) is 23.0 Å². The summed E-state index contributed by atoms with van der Waals surface area (Å²) in [5.41, 5.74) is 3.44. The molecule has 0 radical (unpaired) electrons. The lowest BCUT2D eigenvalue weighted by Crippen LogP contribution is -2.33. The van der Waals surface area contributed by atoms with E-state index in [1.54, 1.807) is 68.6 Å². The van der Waals surface area contributed by atoms with Gasteiger partial charge in [0, 0.05) is 4.47 Å². The largest absolute Gasteiger partial charge is 0.497 e. The minimum atomic E-state index is -0.743. The first-order valence-electron chi connectivity index (χ1n) is 10.2. The molecule has 0 saturated heterocycles. The average Bonchev–Trinajstić information content (AvgIpc) is 2.86. The van der Waals surface area contributed by atoms with Gasteiger partial charge in [-0.25, -0.2) is 10.2 Å². The van der Waals surface area contributed by atoms with Gasteiger partial charge >= 0.3 is 5.97 Å². The van der Waals surface area contributed by atoms with Crippen molar-refractivity contribution in [2.24, 2.45) is 5.10 Å². The number of hydrogen-bond acceptors (Lipinski definition) is 7. The highest BCUT2D eigenvalue weighted by atomic mass is 79.9. The van der Waals surface area contributed by atoms with Gasteiger partial charge in [-0.1, -0.05) is 15.9 Å². The van der Waals surface area contributed by atoms with Crippen molar-refractivity contribution in [3.05, 3.63) is 82.3 Å². The van der Waals surface area contributed by atoms with Gasteiger partial charge in [-0.2, -0.15) is 5.10 Å². The number of methoxy groups -OCH3 is 2. The molecule has 3 aromatic carbocycles. The second-order valence-electron chi connectivity index (χ2n) is 6.98. The molecule has 0 saturated carbocycles. The summed E-state index contributed by atoms with van der Waals surface area (Å²) in [6.07, 6.45) is 0.703. The van der Waals surface area contributed by atoms with Gasteiger partial charge in [0.25, 0.3) is 5.91 Å². The standard InChI is InChI=1S/C25H23BrN2O6/c1-16(33-21-11-7-19(26)8-12-21)24(29)28-27-15-17-4-13-22(23(14-17)32-3)34-25(30)18-5-9-20(31-2)10-6-18/h4-16H,1-3H3,(H,28,29)/b27-15-/t16-/m0/s1. The number of carbonyl (C=O) groups excluding carboxylic acids is 2. The molecular formula is C25H23BrN2O6. The summed E-state index contributed by atoms with van der Waals surface area (Å²) in [5.74, 6) is 0.856. The van der Waals surface area contributed by atoms with Crippen molar-refractivity contribution in [2.45, 2.75) is 13.0 Å². The first-order valence-corrected chi connectivity index (χ1v) is 11.0. The van der Waals surface area contributed by atoms with E-state index in [2.05, 4.69) is 26.5 Å². The lowest BCUT2D eigenvalue weighted by molar-refractivity contribution is -0.127. The van der Waals surface area contributed by atoms with E-state index in [9.17, 15) is 9.59 Å². The second-order valence-corrected chi connectivity index (χ2v) is 7.89. The van der Waals surface area contributed by atoms with E-state index < -0.39 is 18.0 Å². The van der Waals surface area contributed by atoms with Gasteiger partial charge in [0.15, 0.2) is 17.6 Å². The third-order valence-corrected chi connectivity index (χ3v) is 5.13. The quantitative estimate of drug-likeness (QED) is 0.189. The average molecular weight is 527 g/mol. The van der Waals surface area contributed by atoms with Crippen molar-refractivity contribution in [1.82, 2.24) is 5.43 Å². The number of rotatable bonds is 9. The molecule has 34 heavy (non-hydrogen) atoms. The van der Waals surface area contributed by atoms with Gasteiger partial charge in [-0.15, -0.1) is 0 Å². The minimum Gasteiger partial charge on any atom is -0.497 e. The summed E-state index contributed by atoms with van der Waals surface area (Å²) < 4.78 is 22.4. The van der Waals surface area contributed by atoms with Crippen LogP contribution in [0.3, 0.4) is 0 Å². The Bertz CT molecular complexity index is 1160. The van der Waals surface area contributed by atoms with Crippen LogP contribution in [0.2, 0.25) is 0 Å². The summed E-state index contributed by atoms with van der Waals surface area (Å²) in [7, 11) is 3.01. The number of amides is 1. The minimum absolute atomic E-state index is 0.251. The fourth-order valence-corrected chi connectivity index (χ4v) is 3.03. The lowest BCUT2D eigenvalue weighted by atomic mass is 10.2.